The molecule has 0 radical (unpaired) electrons. The first-order valence-electron chi connectivity index (χ1n) is 8.55. The molecule has 2 aromatic heterocycles. The minimum atomic E-state index is -0.383. The summed E-state index contributed by atoms with van der Waals surface area (Å²) in [5.41, 5.74) is 0.556. The van der Waals surface area contributed by atoms with Crippen LogP contribution in [0.1, 0.15) is 18.9 Å². The fourth-order valence-electron chi connectivity index (χ4n) is 3.18. The van der Waals surface area contributed by atoms with Gasteiger partial charge in [0.2, 0.25) is 5.78 Å². The molecule has 0 fully saturated rings. The van der Waals surface area contributed by atoms with Gasteiger partial charge in [-0.1, -0.05) is 30.7 Å². The van der Waals surface area contributed by atoms with Gasteiger partial charge in [-0.15, -0.1) is 5.10 Å². The minimum absolute atomic E-state index is 0.170. The van der Waals surface area contributed by atoms with Gasteiger partial charge in [0.25, 0.3) is 5.56 Å². The third kappa shape index (κ3) is 2.94. The van der Waals surface area contributed by atoms with Crippen LogP contribution in [0.4, 0.5) is 4.39 Å². The van der Waals surface area contributed by atoms with Crippen LogP contribution >= 0.6 is 11.6 Å². The van der Waals surface area contributed by atoms with Crippen LogP contribution in [0, 0.1) is 5.82 Å². The van der Waals surface area contributed by atoms with Crippen LogP contribution in [0.25, 0.3) is 16.7 Å². The van der Waals surface area contributed by atoms with Gasteiger partial charge in [-0.3, -0.25) is 9.36 Å². The van der Waals surface area contributed by atoms with E-state index >= 15 is 0 Å². The summed E-state index contributed by atoms with van der Waals surface area (Å²) in [7, 11) is 0. The number of halogens is 2. The zero-order chi connectivity index (χ0) is 19.1. The van der Waals surface area contributed by atoms with Crippen LogP contribution in [0.3, 0.4) is 0 Å². The van der Waals surface area contributed by atoms with Crippen molar-refractivity contribution in [2.24, 2.45) is 0 Å². The average Bonchev–Trinajstić information content (AvgIpc) is 2.97. The Kier molecular flexibility index (Phi) is 4.31. The highest BCUT2D eigenvalue weighted by Crippen LogP contribution is 2.17. The van der Waals surface area contributed by atoms with Gasteiger partial charge in [-0.2, -0.15) is 0 Å². The third-order valence-electron chi connectivity index (χ3n) is 4.43. The highest BCUT2D eigenvalue weighted by molar-refractivity contribution is 6.31. The number of hydrogen-bond donors (Lipinski definition) is 0. The maximum Gasteiger partial charge on any atom is 0.352 e. The summed E-state index contributed by atoms with van der Waals surface area (Å²) in [6.07, 6.45) is 0.716. The number of benzene rings is 2. The minimum Gasteiger partial charge on any atom is -0.276 e. The summed E-state index contributed by atoms with van der Waals surface area (Å²) < 4.78 is 17.3. The number of aromatic nitrogens is 4. The van der Waals surface area contributed by atoms with E-state index in [0.717, 1.165) is 5.56 Å². The first-order chi connectivity index (χ1) is 13.0. The molecule has 2 heterocycles. The molecule has 138 valence electrons. The van der Waals surface area contributed by atoms with Crippen molar-refractivity contribution < 1.29 is 4.39 Å². The Hall–Kier alpha value is -2.93. The molecule has 0 saturated heterocycles. The largest absolute Gasteiger partial charge is 0.352 e. The molecule has 0 N–H and O–H groups in total. The Morgan fingerprint density at radius 2 is 1.85 bits per heavy atom. The van der Waals surface area contributed by atoms with E-state index < -0.39 is 0 Å². The van der Waals surface area contributed by atoms with Crippen LogP contribution in [-0.2, 0) is 13.1 Å². The van der Waals surface area contributed by atoms with Gasteiger partial charge in [-0.05, 0) is 42.3 Å². The van der Waals surface area contributed by atoms with Gasteiger partial charge < -0.3 is 0 Å². The van der Waals surface area contributed by atoms with Crippen molar-refractivity contribution in [3.63, 3.8) is 0 Å². The van der Waals surface area contributed by atoms with Crippen LogP contribution in [0.5, 0.6) is 0 Å². The van der Waals surface area contributed by atoms with Gasteiger partial charge in [0, 0.05) is 11.6 Å². The molecule has 0 atom stereocenters. The molecule has 27 heavy (non-hydrogen) atoms. The van der Waals surface area contributed by atoms with Gasteiger partial charge in [0.1, 0.15) is 5.82 Å². The van der Waals surface area contributed by atoms with E-state index in [-0.39, 0.29) is 29.4 Å². The molecule has 0 aliphatic heterocycles. The van der Waals surface area contributed by atoms with Crippen molar-refractivity contribution in [3.8, 4) is 0 Å². The topological polar surface area (TPSA) is 61.3 Å². The summed E-state index contributed by atoms with van der Waals surface area (Å²) in [5, 5.41) is 5.21. The Labute approximate surface area is 158 Å². The van der Waals surface area contributed by atoms with Crippen LogP contribution < -0.4 is 11.2 Å². The highest BCUT2D eigenvalue weighted by Gasteiger charge is 2.17. The average molecular weight is 387 g/mol. The van der Waals surface area contributed by atoms with E-state index in [0.29, 0.717) is 28.9 Å². The van der Waals surface area contributed by atoms with Crippen molar-refractivity contribution in [3.05, 3.63) is 79.7 Å². The smallest absolute Gasteiger partial charge is 0.276 e. The predicted molar refractivity (Wildman–Crippen MR) is 102 cm³/mol. The third-order valence-corrected chi connectivity index (χ3v) is 4.67. The normalized spacial score (nSPS) is 11.5. The Balaban J connectivity index is 2.02. The molecule has 4 rings (SSSR count). The summed E-state index contributed by atoms with van der Waals surface area (Å²) in [6, 6.07) is 10.7. The summed E-state index contributed by atoms with van der Waals surface area (Å²) in [5.74, 6) is -0.0813. The van der Waals surface area contributed by atoms with Crippen molar-refractivity contribution in [2.45, 2.75) is 26.4 Å². The number of hydrogen-bond acceptors (Lipinski definition) is 3. The zero-order valence-corrected chi connectivity index (χ0v) is 15.3. The first-order valence-corrected chi connectivity index (χ1v) is 8.93. The SMILES string of the molecule is CCCn1c(=O)c2ccc(Cl)cc2n2c(=O)n(Cc3ccc(F)cc3)nc12. The molecule has 0 aliphatic carbocycles. The predicted octanol–water partition coefficient (Wildman–Crippen LogP) is 3.06. The standard InChI is InChI=1S/C19H16ClFN4O2/c1-2-9-23-17(26)15-8-5-13(20)10-16(15)25-18(23)22-24(19(25)27)11-12-3-6-14(21)7-4-12/h3-8,10H,2,9,11H2,1H3. The molecule has 4 aromatic rings. The Morgan fingerprint density at radius 3 is 2.56 bits per heavy atom. The van der Waals surface area contributed by atoms with Crippen molar-refractivity contribution in [1.29, 1.82) is 0 Å². The van der Waals surface area contributed by atoms with Crippen LogP contribution in [0.15, 0.2) is 52.1 Å². The maximum absolute atomic E-state index is 13.1. The quantitative estimate of drug-likeness (QED) is 0.541. The van der Waals surface area contributed by atoms with E-state index in [4.69, 9.17) is 11.6 Å². The fraction of sp³-hybridized carbons (Fsp3) is 0.211. The summed E-state index contributed by atoms with van der Waals surface area (Å²) in [6.45, 7) is 2.56. The molecular weight excluding hydrogens is 371 g/mol. The van der Waals surface area contributed by atoms with Crippen molar-refractivity contribution >= 4 is 28.3 Å². The van der Waals surface area contributed by atoms with Gasteiger partial charge >= 0.3 is 5.69 Å². The maximum atomic E-state index is 13.1. The van der Waals surface area contributed by atoms with E-state index in [1.54, 1.807) is 30.3 Å². The fourth-order valence-corrected chi connectivity index (χ4v) is 3.35. The molecule has 0 saturated carbocycles. The highest BCUT2D eigenvalue weighted by atomic mass is 35.5. The molecule has 0 bridgehead atoms. The number of aryl methyl sites for hydroxylation is 1. The van der Waals surface area contributed by atoms with E-state index in [2.05, 4.69) is 5.10 Å². The molecule has 0 aliphatic rings. The lowest BCUT2D eigenvalue weighted by atomic mass is 10.2. The van der Waals surface area contributed by atoms with Gasteiger partial charge in [0.15, 0.2) is 0 Å². The molecule has 0 amide bonds. The Morgan fingerprint density at radius 1 is 1.11 bits per heavy atom. The monoisotopic (exact) mass is 386 g/mol. The number of rotatable bonds is 4. The van der Waals surface area contributed by atoms with Crippen molar-refractivity contribution in [2.75, 3.05) is 0 Å². The van der Waals surface area contributed by atoms with Gasteiger partial charge in [0.05, 0.1) is 17.4 Å². The van der Waals surface area contributed by atoms with Crippen LogP contribution in [-0.4, -0.2) is 18.7 Å². The lowest BCUT2D eigenvalue weighted by molar-refractivity contribution is 0.621. The molecule has 2 aromatic carbocycles. The lowest BCUT2D eigenvalue weighted by Crippen LogP contribution is -2.26. The van der Waals surface area contributed by atoms with E-state index in [1.165, 1.54) is 25.8 Å². The van der Waals surface area contributed by atoms with Crippen molar-refractivity contribution in [1.82, 2.24) is 18.7 Å². The number of nitrogens with zero attached hydrogens (tertiary/aromatic N) is 4. The summed E-state index contributed by atoms with van der Waals surface area (Å²) in [4.78, 5) is 25.9. The van der Waals surface area contributed by atoms with Gasteiger partial charge in [-0.25, -0.2) is 18.3 Å². The molecule has 0 unspecified atom stereocenters. The lowest BCUT2D eigenvalue weighted by Gasteiger charge is -2.08. The Bertz CT molecular complexity index is 1270. The van der Waals surface area contributed by atoms with E-state index in [9.17, 15) is 14.0 Å². The second-order valence-electron chi connectivity index (χ2n) is 6.32. The molecule has 0 spiro atoms. The number of fused-ring (bicyclic) bond motifs is 3. The second kappa shape index (κ2) is 6.66. The zero-order valence-electron chi connectivity index (χ0n) is 14.5. The summed E-state index contributed by atoms with van der Waals surface area (Å²) >= 11 is 6.09. The first kappa shape index (κ1) is 17.5. The van der Waals surface area contributed by atoms with E-state index in [1.807, 2.05) is 6.92 Å². The van der Waals surface area contributed by atoms with Crippen LogP contribution in [0.2, 0.25) is 5.02 Å². The second-order valence-corrected chi connectivity index (χ2v) is 6.76. The molecular formula is C19H16ClFN4O2. The molecule has 6 nitrogen and oxygen atoms in total. The molecule has 8 heteroatoms.